The van der Waals surface area contributed by atoms with E-state index in [1.165, 1.54) is 26.9 Å². The van der Waals surface area contributed by atoms with Gasteiger partial charge in [0.1, 0.15) is 0 Å². The lowest BCUT2D eigenvalue weighted by Crippen LogP contribution is -2.39. The van der Waals surface area contributed by atoms with Crippen LogP contribution in [0.15, 0.2) is 35.6 Å². The number of nitrogens with one attached hydrogen (secondary N) is 3. The van der Waals surface area contributed by atoms with Gasteiger partial charge < -0.3 is 15.6 Å². The monoisotopic (exact) mass is 497 g/mol. The summed E-state index contributed by atoms with van der Waals surface area (Å²) in [7, 11) is 1.81. The number of para-hydroxylation sites is 1. The van der Waals surface area contributed by atoms with Crippen molar-refractivity contribution in [1.29, 1.82) is 0 Å². The number of guanidine groups is 1. The molecule has 3 aromatic rings. The van der Waals surface area contributed by atoms with Crippen LogP contribution < -0.4 is 10.6 Å². The molecule has 5 nitrogen and oxygen atoms in total. The number of aliphatic imine (C=N–C) groups is 1. The highest BCUT2D eigenvalue weighted by Crippen LogP contribution is 2.22. The molecule has 7 heteroatoms. The second-order valence-electron chi connectivity index (χ2n) is 6.30. The second-order valence-corrected chi connectivity index (χ2v) is 7.62. The SMILES string of the molecule is CCc1cccc2c(CCNC(=NC)NCCc3ncc(C)s3)c[nH]c12.I. The first kappa shape index (κ1) is 21.7. The van der Waals surface area contributed by atoms with Gasteiger partial charge in [-0.1, -0.05) is 25.1 Å². The maximum atomic E-state index is 4.39. The van der Waals surface area contributed by atoms with Gasteiger partial charge in [0.25, 0.3) is 0 Å². The van der Waals surface area contributed by atoms with E-state index in [1.54, 1.807) is 11.3 Å². The van der Waals surface area contributed by atoms with Crippen LogP contribution >= 0.6 is 35.3 Å². The Morgan fingerprint density at radius 3 is 2.63 bits per heavy atom. The molecule has 0 radical (unpaired) electrons. The van der Waals surface area contributed by atoms with Crippen molar-refractivity contribution < 1.29 is 0 Å². The van der Waals surface area contributed by atoms with E-state index in [2.05, 4.69) is 63.8 Å². The average molecular weight is 497 g/mol. The first-order valence-electron chi connectivity index (χ1n) is 9.15. The molecule has 0 aliphatic rings. The standard InChI is InChI=1S/C20H27N5S.HI/c1-4-15-6-5-7-17-16(13-25-19(15)17)8-10-22-20(21-3)23-11-9-18-24-12-14(2)26-18;/h5-7,12-13,25H,4,8-11H2,1-3H3,(H2,21,22,23);1H. The minimum atomic E-state index is 0. The predicted octanol–water partition coefficient (Wildman–Crippen LogP) is 4.06. The second kappa shape index (κ2) is 10.7. The number of benzene rings is 1. The van der Waals surface area contributed by atoms with E-state index < -0.39 is 0 Å². The van der Waals surface area contributed by atoms with E-state index in [-0.39, 0.29) is 24.0 Å². The van der Waals surface area contributed by atoms with Crippen molar-refractivity contribution in [2.75, 3.05) is 20.1 Å². The number of nitrogens with zero attached hydrogens (tertiary/aromatic N) is 2. The van der Waals surface area contributed by atoms with Crippen LogP contribution in [-0.2, 0) is 19.3 Å². The number of aryl methyl sites for hydroxylation is 2. The zero-order chi connectivity index (χ0) is 18.4. The minimum absolute atomic E-state index is 0. The Labute approximate surface area is 182 Å². The topological polar surface area (TPSA) is 65.1 Å². The number of halogens is 1. The quantitative estimate of drug-likeness (QED) is 0.262. The van der Waals surface area contributed by atoms with Gasteiger partial charge in [-0.05, 0) is 30.9 Å². The Bertz CT molecular complexity index is 884. The van der Waals surface area contributed by atoms with Gasteiger partial charge in [-0.3, -0.25) is 4.99 Å². The minimum Gasteiger partial charge on any atom is -0.361 e. The fourth-order valence-electron chi connectivity index (χ4n) is 3.12. The third-order valence-corrected chi connectivity index (χ3v) is 5.45. The summed E-state index contributed by atoms with van der Waals surface area (Å²) < 4.78 is 0. The lowest BCUT2D eigenvalue weighted by atomic mass is 10.1. The predicted molar refractivity (Wildman–Crippen MR) is 127 cm³/mol. The molecule has 0 aliphatic carbocycles. The fraction of sp³-hybridized carbons (Fsp3) is 0.400. The van der Waals surface area contributed by atoms with Gasteiger partial charge in [0.05, 0.1) is 5.01 Å². The van der Waals surface area contributed by atoms with Crippen LogP contribution in [0, 0.1) is 6.92 Å². The molecule has 0 fully saturated rings. The van der Waals surface area contributed by atoms with Crippen LogP contribution in [0.2, 0.25) is 0 Å². The molecule has 0 saturated heterocycles. The number of rotatable bonds is 7. The van der Waals surface area contributed by atoms with E-state index in [4.69, 9.17) is 0 Å². The van der Waals surface area contributed by atoms with Crippen LogP contribution in [0.1, 0.15) is 27.9 Å². The van der Waals surface area contributed by atoms with Crippen LogP contribution in [0.25, 0.3) is 10.9 Å². The van der Waals surface area contributed by atoms with Crippen molar-refractivity contribution in [1.82, 2.24) is 20.6 Å². The molecular weight excluding hydrogens is 469 g/mol. The maximum absolute atomic E-state index is 4.39. The molecule has 3 rings (SSSR count). The summed E-state index contributed by atoms with van der Waals surface area (Å²) in [6.07, 6.45) is 6.98. The largest absolute Gasteiger partial charge is 0.361 e. The van der Waals surface area contributed by atoms with Crippen molar-refractivity contribution >= 4 is 52.2 Å². The molecule has 2 heterocycles. The Hall–Kier alpha value is -1.61. The summed E-state index contributed by atoms with van der Waals surface area (Å²) >= 11 is 1.75. The molecule has 27 heavy (non-hydrogen) atoms. The summed E-state index contributed by atoms with van der Waals surface area (Å²) in [6, 6.07) is 6.53. The van der Waals surface area contributed by atoms with E-state index in [9.17, 15) is 0 Å². The third-order valence-electron chi connectivity index (χ3n) is 4.48. The van der Waals surface area contributed by atoms with Gasteiger partial charge in [0.15, 0.2) is 5.96 Å². The van der Waals surface area contributed by atoms with Gasteiger partial charge in [-0.15, -0.1) is 35.3 Å². The van der Waals surface area contributed by atoms with Crippen molar-refractivity contribution in [2.24, 2.45) is 4.99 Å². The van der Waals surface area contributed by atoms with E-state index in [1.807, 2.05) is 13.2 Å². The lowest BCUT2D eigenvalue weighted by Gasteiger charge is -2.11. The molecule has 146 valence electrons. The number of hydrogen-bond acceptors (Lipinski definition) is 3. The molecule has 0 amide bonds. The summed E-state index contributed by atoms with van der Waals surface area (Å²) in [5, 5.41) is 9.25. The highest BCUT2D eigenvalue weighted by molar-refractivity contribution is 14.0. The Morgan fingerprint density at radius 1 is 1.19 bits per heavy atom. The fourth-order valence-corrected chi connectivity index (χ4v) is 3.90. The van der Waals surface area contributed by atoms with Crippen LogP contribution in [0.3, 0.4) is 0 Å². The normalized spacial score (nSPS) is 11.4. The van der Waals surface area contributed by atoms with E-state index in [0.717, 1.165) is 43.3 Å². The number of aromatic nitrogens is 2. The van der Waals surface area contributed by atoms with Crippen molar-refractivity contribution in [3.05, 3.63) is 51.6 Å². The van der Waals surface area contributed by atoms with Gasteiger partial charge in [-0.25, -0.2) is 4.98 Å². The maximum Gasteiger partial charge on any atom is 0.191 e. The van der Waals surface area contributed by atoms with Crippen LogP contribution in [0.4, 0.5) is 0 Å². The summed E-state index contributed by atoms with van der Waals surface area (Å²) in [4.78, 5) is 13.4. The van der Waals surface area contributed by atoms with Crippen molar-refractivity contribution in [3.8, 4) is 0 Å². The highest BCUT2D eigenvalue weighted by atomic mass is 127. The highest BCUT2D eigenvalue weighted by Gasteiger charge is 2.07. The summed E-state index contributed by atoms with van der Waals surface area (Å²) in [5.41, 5.74) is 3.99. The molecule has 0 bridgehead atoms. The molecule has 1 aromatic carbocycles. The first-order valence-corrected chi connectivity index (χ1v) is 9.96. The molecule has 3 N–H and O–H groups in total. The number of thiazole rings is 1. The van der Waals surface area contributed by atoms with E-state index in [0.29, 0.717) is 0 Å². The molecule has 2 aromatic heterocycles. The Balaban J connectivity index is 0.00000261. The molecule has 0 aliphatic heterocycles. The summed E-state index contributed by atoms with van der Waals surface area (Å²) in [5.74, 6) is 0.840. The van der Waals surface area contributed by atoms with E-state index >= 15 is 0 Å². The van der Waals surface area contributed by atoms with Gasteiger partial charge in [0.2, 0.25) is 0 Å². The number of hydrogen-bond donors (Lipinski definition) is 3. The van der Waals surface area contributed by atoms with Gasteiger partial charge in [-0.2, -0.15) is 0 Å². The number of H-pyrrole nitrogens is 1. The van der Waals surface area contributed by atoms with Gasteiger partial charge >= 0.3 is 0 Å². The first-order chi connectivity index (χ1) is 12.7. The zero-order valence-corrected chi connectivity index (χ0v) is 19.3. The average Bonchev–Trinajstić information content (AvgIpc) is 3.26. The smallest absolute Gasteiger partial charge is 0.191 e. The lowest BCUT2D eigenvalue weighted by molar-refractivity contribution is 0.783. The molecular formula is C20H28IN5S. The Kier molecular flexibility index (Phi) is 8.56. The van der Waals surface area contributed by atoms with Crippen molar-refractivity contribution in [2.45, 2.75) is 33.1 Å². The Morgan fingerprint density at radius 2 is 1.96 bits per heavy atom. The van der Waals surface area contributed by atoms with Gasteiger partial charge in [0, 0.05) is 54.7 Å². The molecule has 0 spiro atoms. The molecule has 0 atom stereocenters. The van der Waals surface area contributed by atoms with Crippen LogP contribution in [0.5, 0.6) is 0 Å². The van der Waals surface area contributed by atoms with Crippen molar-refractivity contribution in [3.63, 3.8) is 0 Å². The van der Waals surface area contributed by atoms with Crippen LogP contribution in [-0.4, -0.2) is 36.1 Å². The number of fused-ring (bicyclic) bond motifs is 1. The number of aromatic amines is 1. The molecule has 0 unspecified atom stereocenters. The third kappa shape index (κ3) is 5.68. The summed E-state index contributed by atoms with van der Waals surface area (Å²) in [6.45, 7) is 5.96. The molecule has 0 saturated carbocycles. The zero-order valence-electron chi connectivity index (χ0n) is 16.1.